The second-order valence-electron chi connectivity index (χ2n) is 7.73. The Hall–Kier alpha value is -3.32. The highest BCUT2D eigenvalue weighted by atomic mass is 16.5. The van der Waals surface area contributed by atoms with Gasteiger partial charge in [0.25, 0.3) is 5.91 Å². The Kier molecular flexibility index (Phi) is 6.52. The summed E-state index contributed by atoms with van der Waals surface area (Å²) < 4.78 is 10.8. The Bertz CT molecular complexity index is 1090. The third-order valence-corrected chi connectivity index (χ3v) is 5.50. The van der Waals surface area contributed by atoms with Crippen LogP contribution in [0.3, 0.4) is 0 Å². The van der Waals surface area contributed by atoms with Gasteiger partial charge in [-0.25, -0.2) is 4.79 Å². The molecular formula is C24H27N3O4. The molecule has 2 heterocycles. The van der Waals surface area contributed by atoms with Gasteiger partial charge in [-0.2, -0.15) is 0 Å². The number of ether oxygens (including phenoxy) is 1. The van der Waals surface area contributed by atoms with Gasteiger partial charge < -0.3 is 19.4 Å². The maximum Gasteiger partial charge on any atom is 0.338 e. The second kappa shape index (κ2) is 9.66. The molecule has 2 aromatic carbocycles. The number of nitrogens with zero attached hydrogens (tertiary/aromatic N) is 2. The van der Waals surface area contributed by atoms with Gasteiger partial charge in [0.05, 0.1) is 5.69 Å². The van der Waals surface area contributed by atoms with Gasteiger partial charge in [-0.15, -0.1) is 0 Å². The number of fused-ring (bicyclic) bond motifs is 1. The maximum atomic E-state index is 12.4. The van der Waals surface area contributed by atoms with Crippen LogP contribution >= 0.6 is 0 Å². The molecule has 0 radical (unpaired) electrons. The molecule has 0 aliphatic carbocycles. The molecule has 4 rings (SSSR count). The van der Waals surface area contributed by atoms with Crippen LogP contribution in [-0.4, -0.2) is 61.6 Å². The highest BCUT2D eigenvalue weighted by Gasteiger charge is 2.21. The Morgan fingerprint density at radius 2 is 1.81 bits per heavy atom. The number of amides is 1. The molecule has 0 bridgehead atoms. The molecule has 1 aromatic heterocycles. The monoisotopic (exact) mass is 421 g/mol. The van der Waals surface area contributed by atoms with Gasteiger partial charge in [-0.05, 0) is 31.2 Å². The molecule has 1 N–H and O–H groups in total. The van der Waals surface area contributed by atoms with E-state index >= 15 is 0 Å². The molecule has 1 fully saturated rings. The molecule has 0 spiro atoms. The van der Waals surface area contributed by atoms with Crippen molar-refractivity contribution in [3.63, 3.8) is 0 Å². The first-order chi connectivity index (χ1) is 15.1. The maximum absolute atomic E-state index is 12.4. The number of hydrogen-bond donors (Lipinski definition) is 1. The first-order valence-corrected chi connectivity index (χ1v) is 10.5. The van der Waals surface area contributed by atoms with E-state index in [2.05, 4.69) is 10.2 Å². The van der Waals surface area contributed by atoms with Gasteiger partial charge in [0.2, 0.25) is 0 Å². The molecule has 1 saturated heterocycles. The van der Waals surface area contributed by atoms with Crippen molar-refractivity contribution in [2.45, 2.75) is 6.92 Å². The lowest BCUT2D eigenvalue weighted by molar-refractivity contribution is -0.135. The summed E-state index contributed by atoms with van der Waals surface area (Å²) in [6.07, 6.45) is 0. The third-order valence-electron chi connectivity index (χ3n) is 5.50. The standard InChI is InChI=1S/C24H27N3O4/c1-18-6-8-19(9-7-18)30-17-23(28)27-14-12-26(13-15-27)11-10-25-21-16-24(29)31-22-5-3-2-4-20(21)22/h2-9,16,25H,10-15,17H2,1H3. The lowest BCUT2D eigenvalue weighted by Gasteiger charge is -2.34. The normalized spacial score (nSPS) is 14.5. The Labute approximate surface area is 181 Å². The van der Waals surface area contributed by atoms with E-state index in [1.807, 2.05) is 54.3 Å². The van der Waals surface area contributed by atoms with Gasteiger partial charge >= 0.3 is 5.63 Å². The molecule has 7 heteroatoms. The number of nitrogens with one attached hydrogen (secondary N) is 1. The van der Waals surface area contributed by atoms with Crippen molar-refractivity contribution in [1.82, 2.24) is 9.80 Å². The van der Waals surface area contributed by atoms with Crippen molar-refractivity contribution in [3.8, 4) is 5.75 Å². The lowest BCUT2D eigenvalue weighted by Crippen LogP contribution is -2.50. The summed E-state index contributed by atoms with van der Waals surface area (Å²) in [7, 11) is 0. The summed E-state index contributed by atoms with van der Waals surface area (Å²) >= 11 is 0. The fourth-order valence-corrected chi connectivity index (χ4v) is 3.70. The zero-order valence-electron chi connectivity index (χ0n) is 17.7. The van der Waals surface area contributed by atoms with Crippen LogP contribution in [0.2, 0.25) is 0 Å². The van der Waals surface area contributed by atoms with E-state index in [-0.39, 0.29) is 18.1 Å². The van der Waals surface area contributed by atoms with Gasteiger partial charge in [0.15, 0.2) is 6.61 Å². The molecular weight excluding hydrogens is 394 g/mol. The molecule has 0 saturated carbocycles. The van der Waals surface area contributed by atoms with E-state index in [9.17, 15) is 9.59 Å². The summed E-state index contributed by atoms with van der Waals surface area (Å²) in [4.78, 5) is 28.4. The number of carbonyl (C=O) groups excluding carboxylic acids is 1. The molecule has 3 aromatic rings. The summed E-state index contributed by atoms with van der Waals surface area (Å²) in [6, 6.07) is 16.7. The molecule has 1 aliphatic heterocycles. The Morgan fingerprint density at radius 1 is 1.06 bits per heavy atom. The summed E-state index contributed by atoms with van der Waals surface area (Å²) in [5.74, 6) is 0.729. The zero-order valence-corrected chi connectivity index (χ0v) is 17.7. The molecule has 162 valence electrons. The van der Waals surface area contributed by atoms with E-state index in [0.29, 0.717) is 31.0 Å². The van der Waals surface area contributed by atoms with Crippen LogP contribution in [0.5, 0.6) is 5.75 Å². The minimum atomic E-state index is -0.360. The third kappa shape index (κ3) is 5.44. The minimum absolute atomic E-state index is 0.0147. The van der Waals surface area contributed by atoms with E-state index in [4.69, 9.17) is 9.15 Å². The highest BCUT2D eigenvalue weighted by molar-refractivity contribution is 5.89. The second-order valence-corrected chi connectivity index (χ2v) is 7.73. The largest absolute Gasteiger partial charge is 0.484 e. The van der Waals surface area contributed by atoms with Crippen LogP contribution in [0.1, 0.15) is 5.56 Å². The van der Waals surface area contributed by atoms with Crippen LogP contribution in [0.15, 0.2) is 63.8 Å². The van der Waals surface area contributed by atoms with E-state index in [0.717, 1.165) is 36.3 Å². The molecule has 1 aliphatic rings. The number of carbonyl (C=O) groups is 1. The number of para-hydroxylation sites is 1. The van der Waals surface area contributed by atoms with Crippen LogP contribution < -0.4 is 15.7 Å². The molecule has 31 heavy (non-hydrogen) atoms. The molecule has 1 amide bonds. The number of benzene rings is 2. The lowest BCUT2D eigenvalue weighted by atomic mass is 10.2. The van der Waals surface area contributed by atoms with E-state index in [1.165, 1.54) is 6.07 Å². The Balaban J connectivity index is 1.21. The topological polar surface area (TPSA) is 75.0 Å². The smallest absolute Gasteiger partial charge is 0.338 e. The quantitative estimate of drug-likeness (QED) is 0.592. The summed E-state index contributed by atoms with van der Waals surface area (Å²) in [5.41, 5.74) is 2.17. The van der Waals surface area contributed by atoms with E-state index < -0.39 is 0 Å². The fraction of sp³-hybridized carbons (Fsp3) is 0.333. The Morgan fingerprint density at radius 3 is 2.58 bits per heavy atom. The van der Waals surface area contributed by atoms with Crippen molar-refractivity contribution < 1.29 is 13.9 Å². The van der Waals surface area contributed by atoms with Crippen LogP contribution in [-0.2, 0) is 4.79 Å². The molecule has 0 atom stereocenters. The summed E-state index contributed by atoms with van der Waals surface area (Å²) in [6.45, 7) is 6.62. The van der Waals surface area contributed by atoms with Gasteiger partial charge in [0.1, 0.15) is 11.3 Å². The molecule has 7 nitrogen and oxygen atoms in total. The number of anilines is 1. The average molecular weight is 421 g/mol. The van der Waals surface area contributed by atoms with Crippen molar-refractivity contribution >= 4 is 22.6 Å². The predicted octanol–water partition coefficient (Wildman–Crippen LogP) is 2.74. The number of rotatable bonds is 7. The minimum Gasteiger partial charge on any atom is -0.484 e. The average Bonchev–Trinajstić information content (AvgIpc) is 2.79. The summed E-state index contributed by atoms with van der Waals surface area (Å²) in [5, 5.41) is 4.24. The van der Waals surface area contributed by atoms with Gasteiger partial charge in [-0.1, -0.05) is 29.8 Å². The van der Waals surface area contributed by atoms with Crippen LogP contribution in [0.4, 0.5) is 5.69 Å². The predicted molar refractivity (Wildman–Crippen MR) is 121 cm³/mol. The van der Waals surface area contributed by atoms with Crippen molar-refractivity contribution in [2.75, 3.05) is 51.2 Å². The van der Waals surface area contributed by atoms with Crippen molar-refractivity contribution in [1.29, 1.82) is 0 Å². The number of aryl methyl sites for hydroxylation is 1. The number of piperazine rings is 1. The highest BCUT2D eigenvalue weighted by Crippen LogP contribution is 2.20. The first-order valence-electron chi connectivity index (χ1n) is 10.5. The number of hydrogen-bond acceptors (Lipinski definition) is 6. The van der Waals surface area contributed by atoms with E-state index in [1.54, 1.807) is 6.07 Å². The van der Waals surface area contributed by atoms with Gasteiger partial charge in [-0.3, -0.25) is 9.69 Å². The van der Waals surface area contributed by atoms with Crippen LogP contribution in [0, 0.1) is 6.92 Å². The zero-order chi connectivity index (χ0) is 21.6. The fourth-order valence-electron chi connectivity index (χ4n) is 3.70. The van der Waals surface area contributed by atoms with Crippen molar-refractivity contribution in [3.05, 3.63) is 70.6 Å². The first kappa shape index (κ1) is 20.9. The van der Waals surface area contributed by atoms with Crippen LogP contribution in [0.25, 0.3) is 11.0 Å². The SMILES string of the molecule is Cc1ccc(OCC(=O)N2CCN(CCNc3cc(=O)oc4ccccc34)CC2)cc1. The van der Waals surface area contributed by atoms with Gasteiger partial charge in [0, 0.05) is 50.7 Å². The molecule has 0 unspecified atom stereocenters. The van der Waals surface area contributed by atoms with Crippen molar-refractivity contribution in [2.24, 2.45) is 0 Å².